The molecule has 1 atom stereocenters. The molecule has 2 rings (SSSR count). The van der Waals surface area contributed by atoms with Crippen LogP contribution in [0.4, 0.5) is 0 Å². The number of nitrogens with zero attached hydrogens (tertiary/aromatic N) is 2. The molecule has 0 saturated carbocycles. The van der Waals surface area contributed by atoms with Gasteiger partial charge in [0.1, 0.15) is 0 Å². The van der Waals surface area contributed by atoms with E-state index in [-0.39, 0.29) is 6.04 Å². The molecule has 0 aliphatic heterocycles. The molecule has 1 unspecified atom stereocenters. The van der Waals surface area contributed by atoms with Crippen LogP contribution in [0, 0.1) is 6.92 Å². The van der Waals surface area contributed by atoms with Gasteiger partial charge in [0.15, 0.2) is 11.6 Å². The molecule has 2 aromatic heterocycles. The average molecular weight is 207 g/mol. The minimum absolute atomic E-state index is 0.183. The van der Waals surface area contributed by atoms with Gasteiger partial charge >= 0.3 is 0 Å². The Labute approximate surface area is 87.3 Å². The van der Waals surface area contributed by atoms with Crippen LogP contribution < -0.4 is 5.73 Å². The lowest BCUT2D eigenvalue weighted by molar-refractivity contribution is 0.403. The highest BCUT2D eigenvalue weighted by Gasteiger charge is 2.16. The fourth-order valence-corrected chi connectivity index (χ4v) is 1.25. The minimum Gasteiger partial charge on any atom is -0.459 e. The van der Waals surface area contributed by atoms with Crippen LogP contribution in [-0.4, -0.2) is 10.1 Å². The summed E-state index contributed by atoms with van der Waals surface area (Å²) < 4.78 is 10.3. The molecule has 15 heavy (non-hydrogen) atoms. The Bertz CT molecular complexity index is 447. The topological polar surface area (TPSA) is 78.1 Å². The molecule has 80 valence electrons. The lowest BCUT2D eigenvalue weighted by Crippen LogP contribution is -2.10. The lowest BCUT2D eigenvalue weighted by Gasteiger charge is -1.99. The molecule has 0 radical (unpaired) electrons. The maximum absolute atomic E-state index is 5.78. The van der Waals surface area contributed by atoms with Gasteiger partial charge in [0.25, 0.3) is 5.89 Å². The first-order valence-electron chi connectivity index (χ1n) is 4.86. The van der Waals surface area contributed by atoms with Crippen molar-refractivity contribution in [3.05, 3.63) is 23.7 Å². The smallest absolute Gasteiger partial charge is 0.293 e. The van der Waals surface area contributed by atoms with E-state index < -0.39 is 0 Å². The van der Waals surface area contributed by atoms with Crippen LogP contribution in [-0.2, 0) is 0 Å². The van der Waals surface area contributed by atoms with Gasteiger partial charge in [-0.2, -0.15) is 4.98 Å². The van der Waals surface area contributed by atoms with E-state index in [2.05, 4.69) is 10.1 Å². The minimum atomic E-state index is -0.183. The molecule has 0 aliphatic carbocycles. The van der Waals surface area contributed by atoms with E-state index in [1.165, 1.54) is 0 Å². The highest BCUT2D eigenvalue weighted by Crippen LogP contribution is 2.23. The molecule has 0 aromatic carbocycles. The second-order valence-electron chi connectivity index (χ2n) is 3.41. The van der Waals surface area contributed by atoms with Crippen molar-refractivity contribution < 1.29 is 8.94 Å². The summed E-state index contributed by atoms with van der Waals surface area (Å²) in [5.74, 6) is 1.51. The van der Waals surface area contributed by atoms with Crippen molar-refractivity contribution in [1.82, 2.24) is 10.1 Å². The quantitative estimate of drug-likeness (QED) is 0.833. The van der Waals surface area contributed by atoms with E-state index >= 15 is 0 Å². The molecule has 0 spiro atoms. The summed E-state index contributed by atoms with van der Waals surface area (Å²) in [5.41, 5.74) is 6.75. The van der Waals surface area contributed by atoms with Gasteiger partial charge in [-0.1, -0.05) is 12.1 Å². The van der Waals surface area contributed by atoms with Gasteiger partial charge in [-0.15, -0.1) is 0 Å². The highest BCUT2D eigenvalue weighted by atomic mass is 16.5. The van der Waals surface area contributed by atoms with Crippen LogP contribution in [0.25, 0.3) is 11.7 Å². The molecule has 0 fully saturated rings. The molecule has 2 aromatic rings. The van der Waals surface area contributed by atoms with Crippen LogP contribution >= 0.6 is 0 Å². The number of hydrogen-bond acceptors (Lipinski definition) is 5. The van der Waals surface area contributed by atoms with Gasteiger partial charge in [-0.25, -0.2) is 0 Å². The zero-order chi connectivity index (χ0) is 10.8. The van der Waals surface area contributed by atoms with Crippen molar-refractivity contribution in [3.63, 3.8) is 0 Å². The Morgan fingerprint density at radius 1 is 1.53 bits per heavy atom. The molecule has 2 heterocycles. The summed E-state index contributed by atoms with van der Waals surface area (Å²) in [7, 11) is 0. The Kier molecular flexibility index (Phi) is 2.55. The molecule has 0 saturated heterocycles. The molecular weight excluding hydrogens is 194 g/mol. The summed E-state index contributed by atoms with van der Waals surface area (Å²) in [6.07, 6.45) is 2.37. The van der Waals surface area contributed by atoms with Crippen LogP contribution in [0.2, 0.25) is 0 Å². The maximum atomic E-state index is 5.78. The van der Waals surface area contributed by atoms with E-state index in [1.54, 1.807) is 6.26 Å². The number of aromatic nitrogens is 2. The van der Waals surface area contributed by atoms with Gasteiger partial charge in [0.2, 0.25) is 0 Å². The van der Waals surface area contributed by atoms with Crippen molar-refractivity contribution in [3.8, 4) is 11.7 Å². The molecular formula is C10H13N3O2. The predicted octanol–water partition coefficient (Wildman–Crippen LogP) is 2.05. The summed E-state index contributed by atoms with van der Waals surface area (Å²) in [6, 6.07) is 1.66. The van der Waals surface area contributed by atoms with Gasteiger partial charge in [-0.05, 0) is 19.4 Å². The normalized spacial score (nSPS) is 13.0. The number of furan rings is 1. The number of aryl methyl sites for hydroxylation is 1. The third-order valence-corrected chi connectivity index (χ3v) is 2.27. The van der Waals surface area contributed by atoms with E-state index in [0.29, 0.717) is 17.5 Å². The third kappa shape index (κ3) is 1.78. The summed E-state index contributed by atoms with van der Waals surface area (Å²) in [6.45, 7) is 3.89. The first-order chi connectivity index (χ1) is 7.22. The van der Waals surface area contributed by atoms with Gasteiger partial charge in [0.05, 0.1) is 12.3 Å². The summed E-state index contributed by atoms with van der Waals surface area (Å²) in [5, 5.41) is 3.81. The van der Waals surface area contributed by atoms with Crippen LogP contribution in [0.3, 0.4) is 0 Å². The zero-order valence-corrected chi connectivity index (χ0v) is 8.73. The van der Waals surface area contributed by atoms with Gasteiger partial charge in [-0.3, -0.25) is 0 Å². The monoisotopic (exact) mass is 207 g/mol. The molecule has 5 heteroatoms. The van der Waals surface area contributed by atoms with Crippen molar-refractivity contribution in [2.45, 2.75) is 26.3 Å². The number of nitrogens with two attached hydrogens (primary N) is 1. The average Bonchev–Trinajstić information content (AvgIpc) is 2.84. The van der Waals surface area contributed by atoms with E-state index in [0.717, 1.165) is 12.0 Å². The Morgan fingerprint density at radius 3 is 2.93 bits per heavy atom. The molecule has 0 bridgehead atoms. The Balaban J connectivity index is 2.32. The van der Waals surface area contributed by atoms with Crippen molar-refractivity contribution in [1.29, 1.82) is 0 Å². The molecule has 0 aliphatic rings. The second kappa shape index (κ2) is 3.86. The van der Waals surface area contributed by atoms with Crippen molar-refractivity contribution in [2.75, 3.05) is 0 Å². The molecule has 0 amide bonds. The van der Waals surface area contributed by atoms with Crippen LogP contribution in [0.15, 0.2) is 21.3 Å². The molecule has 5 nitrogen and oxygen atoms in total. The largest absolute Gasteiger partial charge is 0.459 e. The number of rotatable bonds is 3. The second-order valence-corrected chi connectivity index (χ2v) is 3.41. The number of hydrogen-bond donors (Lipinski definition) is 1. The van der Waals surface area contributed by atoms with E-state index in [9.17, 15) is 0 Å². The van der Waals surface area contributed by atoms with E-state index in [1.807, 2.05) is 19.9 Å². The van der Waals surface area contributed by atoms with Gasteiger partial charge < -0.3 is 14.7 Å². The predicted molar refractivity (Wildman–Crippen MR) is 54.0 cm³/mol. The van der Waals surface area contributed by atoms with E-state index in [4.69, 9.17) is 14.7 Å². The first-order valence-corrected chi connectivity index (χ1v) is 4.86. The van der Waals surface area contributed by atoms with Crippen LogP contribution in [0.5, 0.6) is 0 Å². The van der Waals surface area contributed by atoms with Gasteiger partial charge in [0, 0.05) is 5.56 Å². The van der Waals surface area contributed by atoms with Crippen molar-refractivity contribution in [2.24, 2.45) is 5.73 Å². The van der Waals surface area contributed by atoms with Crippen molar-refractivity contribution >= 4 is 0 Å². The Morgan fingerprint density at radius 2 is 2.33 bits per heavy atom. The summed E-state index contributed by atoms with van der Waals surface area (Å²) >= 11 is 0. The first kappa shape index (κ1) is 9.92. The standard InChI is InChI=1S/C10H13N3O2/c1-3-7(11)9-12-10(15-13-9)8-6(2)4-5-14-8/h4-5,7H,3,11H2,1-2H3. The fraction of sp³-hybridized carbons (Fsp3) is 0.400. The Hall–Kier alpha value is -1.62. The molecule has 2 N–H and O–H groups in total. The highest BCUT2D eigenvalue weighted by molar-refractivity contribution is 5.49. The SMILES string of the molecule is CCC(N)c1noc(-c2occc2C)n1. The fourth-order valence-electron chi connectivity index (χ4n) is 1.25. The lowest BCUT2D eigenvalue weighted by atomic mass is 10.2. The summed E-state index contributed by atoms with van der Waals surface area (Å²) in [4.78, 5) is 4.19. The maximum Gasteiger partial charge on any atom is 0.293 e. The zero-order valence-electron chi connectivity index (χ0n) is 8.73. The third-order valence-electron chi connectivity index (χ3n) is 2.27. The van der Waals surface area contributed by atoms with Crippen LogP contribution in [0.1, 0.15) is 30.8 Å².